The summed E-state index contributed by atoms with van der Waals surface area (Å²) < 4.78 is 37.8. The number of benzene rings is 2. The largest absolute Gasteiger partial charge is 0.493 e. The lowest BCUT2D eigenvalue weighted by Crippen LogP contribution is -2.48. The van der Waals surface area contributed by atoms with Crippen molar-refractivity contribution in [1.29, 1.82) is 0 Å². The fourth-order valence-corrected chi connectivity index (χ4v) is 4.65. The lowest BCUT2D eigenvalue weighted by molar-refractivity contribution is -0.159. The van der Waals surface area contributed by atoms with Gasteiger partial charge in [-0.3, -0.25) is 4.90 Å². The highest BCUT2D eigenvalue weighted by Crippen LogP contribution is 2.28. The van der Waals surface area contributed by atoms with Crippen LogP contribution in [0.15, 0.2) is 47.4 Å². The first-order chi connectivity index (χ1) is 15.6. The van der Waals surface area contributed by atoms with Gasteiger partial charge in [-0.1, -0.05) is 23.8 Å². The third-order valence-electron chi connectivity index (χ3n) is 5.03. The van der Waals surface area contributed by atoms with Crippen LogP contribution in [-0.4, -0.2) is 80.2 Å². The normalized spacial score (nSPS) is 14.6. The maximum absolute atomic E-state index is 12.8. The number of sulfonamides is 1. The molecule has 0 spiro atoms. The van der Waals surface area contributed by atoms with Crippen LogP contribution >= 0.6 is 0 Å². The van der Waals surface area contributed by atoms with Crippen LogP contribution in [0, 0.1) is 6.92 Å². The number of rotatable bonds is 6. The number of nitrogens with zero attached hydrogens (tertiary/aromatic N) is 2. The van der Waals surface area contributed by atoms with E-state index in [9.17, 15) is 8.42 Å². The van der Waals surface area contributed by atoms with Crippen LogP contribution in [0.5, 0.6) is 11.5 Å². The molecule has 2 aromatic rings. The second kappa shape index (κ2) is 11.6. The van der Waals surface area contributed by atoms with Crippen molar-refractivity contribution >= 4 is 22.0 Å². The number of aliphatic carboxylic acids is 2. The van der Waals surface area contributed by atoms with Crippen LogP contribution in [0.3, 0.4) is 0 Å². The monoisotopic (exact) mass is 480 g/mol. The van der Waals surface area contributed by atoms with E-state index in [1.807, 2.05) is 37.3 Å². The van der Waals surface area contributed by atoms with Crippen LogP contribution < -0.4 is 9.47 Å². The molecule has 0 bridgehead atoms. The summed E-state index contributed by atoms with van der Waals surface area (Å²) >= 11 is 0. The molecule has 0 unspecified atom stereocenters. The molecule has 2 aromatic carbocycles. The first kappa shape index (κ1) is 26.1. The van der Waals surface area contributed by atoms with Crippen molar-refractivity contribution in [3.05, 3.63) is 53.6 Å². The number of methoxy groups -OCH3 is 2. The van der Waals surface area contributed by atoms with E-state index in [1.165, 1.54) is 0 Å². The third kappa shape index (κ3) is 7.17. The summed E-state index contributed by atoms with van der Waals surface area (Å²) in [6.07, 6.45) is 0. The van der Waals surface area contributed by atoms with Gasteiger partial charge in [0.05, 0.1) is 19.1 Å². The molecule has 1 aliphatic heterocycles. The summed E-state index contributed by atoms with van der Waals surface area (Å²) in [5, 5.41) is 14.8. The SMILES string of the molecule is COc1ccc(CN2CCN(S(=O)(=O)c3ccc(C)cc3)CC2)cc1OC.O=C(O)C(=O)O. The number of hydrogen-bond donors (Lipinski definition) is 2. The molecule has 0 atom stereocenters. The molecule has 1 heterocycles. The van der Waals surface area contributed by atoms with Gasteiger partial charge < -0.3 is 19.7 Å². The van der Waals surface area contributed by atoms with Gasteiger partial charge in [-0.15, -0.1) is 0 Å². The van der Waals surface area contributed by atoms with Crippen molar-refractivity contribution in [2.75, 3.05) is 40.4 Å². The van der Waals surface area contributed by atoms with Crippen molar-refractivity contribution in [3.63, 3.8) is 0 Å². The van der Waals surface area contributed by atoms with Crippen molar-refractivity contribution < 1.29 is 37.7 Å². The molecule has 10 nitrogen and oxygen atoms in total. The Morgan fingerprint density at radius 3 is 1.91 bits per heavy atom. The van der Waals surface area contributed by atoms with Crippen LogP contribution in [0.25, 0.3) is 0 Å². The summed E-state index contributed by atoms with van der Waals surface area (Å²) in [6.45, 7) is 5.06. The average Bonchev–Trinajstić information content (AvgIpc) is 2.80. The molecule has 11 heteroatoms. The lowest BCUT2D eigenvalue weighted by atomic mass is 10.1. The highest BCUT2D eigenvalue weighted by molar-refractivity contribution is 7.89. The number of ether oxygens (including phenoxy) is 2. The average molecular weight is 481 g/mol. The van der Waals surface area contributed by atoms with Gasteiger partial charge in [0.1, 0.15) is 0 Å². The number of carboxylic acid groups (broad SMARTS) is 2. The van der Waals surface area contributed by atoms with E-state index in [2.05, 4.69) is 4.90 Å². The number of piperazine rings is 1. The molecule has 0 amide bonds. The zero-order valence-corrected chi connectivity index (χ0v) is 19.5. The summed E-state index contributed by atoms with van der Waals surface area (Å²) in [4.78, 5) is 20.8. The third-order valence-corrected chi connectivity index (χ3v) is 6.94. The van der Waals surface area contributed by atoms with E-state index in [0.29, 0.717) is 42.6 Å². The topological polar surface area (TPSA) is 134 Å². The number of hydrogen-bond acceptors (Lipinski definition) is 7. The molecule has 1 aliphatic rings. The summed E-state index contributed by atoms with van der Waals surface area (Å²) in [5.74, 6) is -2.24. The molecule has 3 rings (SSSR count). The van der Waals surface area contributed by atoms with Gasteiger partial charge in [-0.2, -0.15) is 4.31 Å². The van der Waals surface area contributed by atoms with Gasteiger partial charge in [0, 0.05) is 32.7 Å². The Balaban J connectivity index is 0.000000569. The van der Waals surface area contributed by atoms with Crippen LogP contribution in [0.2, 0.25) is 0 Å². The Hall–Kier alpha value is -3.15. The number of aryl methyl sites for hydroxylation is 1. The van der Waals surface area contributed by atoms with Crippen molar-refractivity contribution in [1.82, 2.24) is 9.21 Å². The molecule has 0 aromatic heterocycles. The number of carbonyl (C=O) groups is 2. The second-order valence-corrected chi connectivity index (χ2v) is 9.23. The predicted molar refractivity (Wildman–Crippen MR) is 120 cm³/mol. The standard InChI is InChI=1S/C20H26N2O4S.C2H2O4/c1-16-4-7-18(8-5-16)27(23,24)22-12-10-21(11-13-22)15-17-6-9-19(25-2)20(14-17)26-3;3-1(4)2(5)6/h4-9,14H,10-13,15H2,1-3H3;(H,3,4)(H,5,6). The van der Waals surface area contributed by atoms with Crippen LogP contribution in [0.4, 0.5) is 0 Å². The fraction of sp³-hybridized carbons (Fsp3) is 0.364. The zero-order valence-electron chi connectivity index (χ0n) is 18.7. The Morgan fingerprint density at radius 2 is 1.42 bits per heavy atom. The van der Waals surface area contributed by atoms with E-state index in [1.54, 1.807) is 30.7 Å². The van der Waals surface area contributed by atoms with Gasteiger partial charge in [-0.25, -0.2) is 18.0 Å². The summed E-state index contributed by atoms with van der Waals surface area (Å²) in [7, 11) is -0.187. The van der Waals surface area contributed by atoms with Gasteiger partial charge in [-0.05, 0) is 36.8 Å². The molecule has 1 saturated heterocycles. The molecule has 180 valence electrons. The fourth-order valence-electron chi connectivity index (χ4n) is 3.22. The highest BCUT2D eigenvalue weighted by atomic mass is 32.2. The first-order valence-corrected chi connectivity index (χ1v) is 11.5. The smallest absolute Gasteiger partial charge is 0.414 e. The molecule has 33 heavy (non-hydrogen) atoms. The Kier molecular flexibility index (Phi) is 9.21. The minimum Gasteiger partial charge on any atom is -0.493 e. The summed E-state index contributed by atoms with van der Waals surface area (Å²) in [6, 6.07) is 12.9. The quantitative estimate of drug-likeness (QED) is 0.592. The molecular formula is C22H28N2O8S. The van der Waals surface area contributed by atoms with Crippen LogP contribution in [0.1, 0.15) is 11.1 Å². The van der Waals surface area contributed by atoms with Gasteiger partial charge in [0.25, 0.3) is 0 Å². The molecule has 2 N–H and O–H groups in total. The van der Waals surface area contributed by atoms with Crippen LogP contribution in [-0.2, 0) is 26.2 Å². The lowest BCUT2D eigenvalue weighted by Gasteiger charge is -2.34. The van der Waals surface area contributed by atoms with Gasteiger partial charge in [0.15, 0.2) is 11.5 Å². The maximum Gasteiger partial charge on any atom is 0.414 e. The maximum atomic E-state index is 12.8. The molecule has 1 fully saturated rings. The highest BCUT2D eigenvalue weighted by Gasteiger charge is 2.28. The Labute approximate surface area is 193 Å². The van der Waals surface area contributed by atoms with Crippen molar-refractivity contribution in [2.24, 2.45) is 0 Å². The summed E-state index contributed by atoms with van der Waals surface area (Å²) in [5.41, 5.74) is 2.16. The Morgan fingerprint density at radius 1 is 0.879 bits per heavy atom. The minimum absolute atomic E-state index is 0.362. The van der Waals surface area contributed by atoms with E-state index >= 15 is 0 Å². The Bertz CT molecular complexity index is 1050. The van der Waals surface area contributed by atoms with E-state index < -0.39 is 22.0 Å². The predicted octanol–water partition coefficient (Wildman–Crippen LogP) is 1.67. The number of carboxylic acids is 2. The van der Waals surface area contributed by atoms with E-state index in [4.69, 9.17) is 29.3 Å². The van der Waals surface area contributed by atoms with Gasteiger partial charge >= 0.3 is 11.9 Å². The molecule has 0 saturated carbocycles. The minimum atomic E-state index is -3.42. The first-order valence-electron chi connectivity index (χ1n) is 10.0. The molecule has 0 aliphatic carbocycles. The zero-order chi connectivity index (χ0) is 24.6. The van der Waals surface area contributed by atoms with Gasteiger partial charge in [0.2, 0.25) is 10.0 Å². The van der Waals surface area contributed by atoms with E-state index in [0.717, 1.165) is 17.7 Å². The van der Waals surface area contributed by atoms with Crippen molar-refractivity contribution in [3.8, 4) is 11.5 Å². The second-order valence-electron chi connectivity index (χ2n) is 7.29. The van der Waals surface area contributed by atoms with Crippen molar-refractivity contribution in [2.45, 2.75) is 18.4 Å². The van der Waals surface area contributed by atoms with E-state index in [-0.39, 0.29) is 0 Å². The molecular weight excluding hydrogens is 452 g/mol. The molecule has 0 radical (unpaired) electrons.